The van der Waals surface area contributed by atoms with Gasteiger partial charge in [0.1, 0.15) is 6.29 Å². The third-order valence-corrected chi connectivity index (χ3v) is 5.61. The van der Waals surface area contributed by atoms with Crippen molar-refractivity contribution < 1.29 is 6.22 Å². The Kier molecular flexibility index (Phi) is 4.05. The van der Waals surface area contributed by atoms with E-state index in [1.807, 2.05) is 0 Å². The van der Waals surface area contributed by atoms with Gasteiger partial charge in [-0.1, -0.05) is 30.3 Å². The quantitative estimate of drug-likeness (QED) is 0.697. The van der Waals surface area contributed by atoms with Crippen LogP contribution in [-0.2, 0) is 11.2 Å². The molecule has 1 aliphatic heterocycles. The number of benzene rings is 2. The highest BCUT2D eigenvalue weighted by Gasteiger charge is 2.23. The molecule has 0 bridgehead atoms. The second-order valence-electron chi connectivity index (χ2n) is 7.19. The smallest absolute Gasteiger partial charge is 0.123 e. The fourth-order valence-electron chi connectivity index (χ4n) is 4.08. The summed E-state index contributed by atoms with van der Waals surface area (Å²) in [4.78, 5) is 15.8. The minimum absolute atomic E-state index is 0. The first-order valence-electron chi connectivity index (χ1n) is 8.96. The average Bonchev–Trinajstić information content (AvgIpc) is 3.06. The van der Waals surface area contributed by atoms with Crippen molar-refractivity contribution in [2.24, 2.45) is 10.9 Å². The van der Waals surface area contributed by atoms with E-state index in [-0.39, 0.29) is 7.34 Å². The van der Waals surface area contributed by atoms with Crippen molar-refractivity contribution in [2.45, 2.75) is 44.9 Å². The van der Waals surface area contributed by atoms with E-state index < -0.39 is 0 Å². The highest BCUT2D eigenvalue weighted by molar-refractivity contribution is 6.07. The molecule has 1 saturated carbocycles. The van der Waals surface area contributed by atoms with Crippen molar-refractivity contribution in [3.05, 3.63) is 64.7 Å². The molecule has 2 aromatic rings. The van der Waals surface area contributed by atoms with Crippen LogP contribution in [0.15, 0.2) is 47.5 Å². The number of para-hydroxylation sites is 1. The van der Waals surface area contributed by atoms with E-state index >= 15 is 0 Å². The van der Waals surface area contributed by atoms with Crippen molar-refractivity contribution in [3.8, 4) is 0 Å². The van der Waals surface area contributed by atoms with Crippen LogP contribution in [0.5, 0.6) is 0 Å². The Labute approximate surface area is 145 Å². The number of hydrogen-bond acceptors (Lipinski definition) is 2. The topological polar surface area (TPSA) is 29.4 Å². The summed E-state index contributed by atoms with van der Waals surface area (Å²) >= 11 is 0. The van der Waals surface area contributed by atoms with Gasteiger partial charge >= 0.3 is 0 Å². The number of aryl methyl sites for hydroxylation is 1. The fraction of sp³-hybridized carbons (Fsp3) is 0.364. The van der Waals surface area contributed by atoms with E-state index in [9.17, 15) is 4.79 Å². The molecular weight excluding hydrogens is 294 g/mol. The minimum atomic E-state index is 0. The molecule has 24 heavy (non-hydrogen) atoms. The van der Waals surface area contributed by atoms with Gasteiger partial charge in [-0.05, 0) is 72.9 Å². The number of aldehydes is 1. The zero-order valence-corrected chi connectivity index (χ0v) is 14.2. The third kappa shape index (κ3) is 2.82. The molecule has 0 unspecified atom stereocenters. The van der Waals surface area contributed by atoms with Crippen molar-refractivity contribution in [2.75, 3.05) is 0 Å². The molecule has 4 rings (SSSR count). The molecule has 2 nitrogen and oxygen atoms in total. The van der Waals surface area contributed by atoms with Gasteiger partial charge in [0.05, 0.1) is 11.4 Å². The third-order valence-electron chi connectivity index (χ3n) is 5.61. The number of carbonyl (C=O) groups excluding carboxylic acids is 1. The Morgan fingerprint density at radius 3 is 2.62 bits per heavy atom. The predicted molar refractivity (Wildman–Crippen MR) is 100 cm³/mol. The van der Waals surface area contributed by atoms with Crippen LogP contribution in [0.1, 0.15) is 55.3 Å². The first-order valence-corrected chi connectivity index (χ1v) is 8.96. The van der Waals surface area contributed by atoms with Crippen molar-refractivity contribution in [1.82, 2.24) is 0 Å². The van der Waals surface area contributed by atoms with Crippen LogP contribution < -0.4 is 0 Å². The summed E-state index contributed by atoms with van der Waals surface area (Å²) < 4.78 is 0. The zero-order valence-electron chi connectivity index (χ0n) is 14.2. The van der Waals surface area contributed by atoms with Gasteiger partial charge in [-0.15, -0.1) is 0 Å². The maximum absolute atomic E-state index is 11.0. The average molecular weight is 319 g/mol. The molecule has 2 aliphatic rings. The molecule has 2 heteroatoms. The molecule has 0 saturated heterocycles. The van der Waals surface area contributed by atoms with E-state index in [1.165, 1.54) is 28.0 Å². The Bertz CT molecular complexity index is 803. The summed E-state index contributed by atoms with van der Waals surface area (Å²) in [5.41, 5.74) is 7.64. The Morgan fingerprint density at radius 1 is 1.08 bits per heavy atom. The maximum atomic E-state index is 11.0. The molecule has 0 aromatic heterocycles. The first kappa shape index (κ1) is 15.3. The Morgan fingerprint density at radius 2 is 1.88 bits per heavy atom. The van der Waals surface area contributed by atoms with Gasteiger partial charge in [0.15, 0.2) is 0 Å². The number of nitrogens with zero attached hydrogens (tertiary/aromatic N) is 1. The normalized spacial score (nSPS) is 22.8. The van der Waals surface area contributed by atoms with Gasteiger partial charge in [0.2, 0.25) is 0 Å². The van der Waals surface area contributed by atoms with Crippen LogP contribution in [0, 0.1) is 12.8 Å². The molecule has 0 N–H and O–H groups in total. The monoisotopic (exact) mass is 319 g/mol. The van der Waals surface area contributed by atoms with Crippen LogP contribution in [0.3, 0.4) is 0 Å². The van der Waals surface area contributed by atoms with E-state index in [0.29, 0.717) is 5.92 Å². The summed E-state index contributed by atoms with van der Waals surface area (Å²) in [6, 6.07) is 15.3. The number of fused-ring (bicyclic) bond motifs is 1. The van der Waals surface area contributed by atoms with Gasteiger partial charge in [-0.3, -0.25) is 4.99 Å². The molecular formula is C22H25NO. The summed E-state index contributed by atoms with van der Waals surface area (Å²) in [6.07, 6.45) is 6.38. The Balaban J connectivity index is 0.00000182. The lowest BCUT2D eigenvalue weighted by atomic mass is 9.78. The lowest BCUT2D eigenvalue weighted by Gasteiger charge is -2.26. The fourth-order valence-corrected chi connectivity index (χ4v) is 4.08. The molecule has 124 valence electrons. The van der Waals surface area contributed by atoms with E-state index in [4.69, 9.17) is 4.99 Å². The molecule has 1 heterocycles. The Hall–Kier alpha value is -2.22. The van der Waals surface area contributed by atoms with Gasteiger partial charge < -0.3 is 4.79 Å². The van der Waals surface area contributed by atoms with Crippen molar-refractivity contribution >= 4 is 17.7 Å². The molecule has 0 spiro atoms. The lowest BCUT2D eigenvalue weighted by molar-refractivity contribution is -0.111. The first-order chi connectivity index (χ1) is 11.7. The standard InChI is InChI=1S/C22H23NO.H2/c1-15-6-9-18(17-10-7-16(14-24)8-11-17)12-20(15)22-13-19-4-2-3-5-21(19)23-22;/h2-6,9,12,14,16-17H,7-8,10-11,13H2,1H3;1H. The van der Waals surface area contributed by atoms with Crippen LogP contribution in [0.4, 0.5) is 5.69 Å². The van der Waals surface area contributed by atoms with Gasteiger partial charge in [0, 0.05) is 13.8 Å². The second kappa shape index (κ2) is 6.35. The SMILES string of the molecule is Cc1ccc(C2CCC(C=O)CC2)cc1C1=Nc2ccccc2C1.[HH]. The molecule has 2 aromatic carbocycles. The van der Waals surface area contributed by atoms with Gasteiger partial charge in [-0.25, -0.2) is 0 Å². The highest BCUT2D eigenvalue weighted by atomic mass is 16.1. The minimum Gasteiger partial charge on any atom is -0.303 e. The largest absolute Gasteiger partial charge is 0.303 e. The number of aliphatic imine (C=N–C) groups is 1. The molecule has 0 radical (unpaired) electrons. The van der Waals surface area contributed by atoms with Crippen molar-refractivity contribution in [1.29, 1.82) is 0 Å². The lowest BCUT2D eigenvalue weighted by Crippen LogP contribution is -2.15. The van der Waals surface area contributed by atoms with E-state index in [0.717, 1.165) is 44.1 Å². The van der Waals surface area contributed by atoms with Gasteiger partial charge in [-0.2, -0.15) is 0 Å². The number of rotatable bonds is 3. The zero-order chi connectivity index (χ0) is 16.5. The van der Waals surface area contributed by atoms with E-state index in [2.05, 4.69) is 49.4 Å². The molecule has 1 fully saturated rings. The van der Waals surface area contributed by atoms with Crippen LogP contribution in [0.2, 0.25) is 0 Å². The van der Waals surface area contributed by atoms with E-state index in [1.54, 1.807) is 0 Å². The molecule has 0 atom stereocenters. The second-order valence-corrected chi connectivity index (χ2v) is 7.19. The van der Waals surface area contributed by atoms with Gasteiger partial charge in [0.25, 0.3) is 0 Å². The van der Waals surface area contributed by atoms with Crippen LogP contribution >= 0.6 is 0 Å². The summed E-state index contributed by atoms with van der Waals surface area (Å²) in [5.74, 6) is 0.866. The number of carbonyl (C=O) groups is 1. The predicted octanol–water partition coefficient (Wildman–Crippen LogP) is 5.39. The number of hydrogen-bond donors (Lipinski definition) is 0. The highest BCUT2D eigenvalue weighted by Crippen LogP contribution is 2.36. The summed E-state index contributed by atoms with van der Waals surface area (Å²) in [5, 5.41) is 0. The van der Waals surface area contributed by atoms with Crippen LogP contribution in [0.25, 0.3) is 0 Å². The van der Waals surface area contributed by atoms with Crippen molar-refractivity contribution in [3.63, 3.8) is 0 Å². The van der Waals surface area contributed by atoms with Crippen LogP contribution in [-0.4, -0.2) is 12.0 Å². The molecule has 0 amide bonds. The maximum Gasteiger partial charge on any atom is 0.123 e. The molecule has 1 aliphatic carbocycles. The summed E-state index contributed by atoms with van der Waals surface area (Å²) in [7, 11) is 0. The summed E-state index contributed by atoms with van der Waals surface area (Å²) in [6.45, 7) is 2.17.